The van der Waals surface area contributed by atoms with Gasteiger partial charge >= 0.3 is 0 Å². The normalized spacial score (nSPS) is 15.9. The number of aromatic nitrogens is 6. The monoisotopic (exact) mass is 448 g/mol. The van der Waals surface area contributed by atoms with E-state index in [4.69, 9.17) is 0 Å². The second-order valence-corrected chi connectivity index (χ2v) is 9.77. The Kier molecular flexibility index (Phi) is 5.83. The van der Waals surface area contributed by atoms with Crippen molar-refractivity contribution in [3.8, 4) is 5.69 Å². The number of amides is 1. The summed E-state index contributed by atoms with van der Waals surface area (Å²) in [6.45, 7) is 2.54. The summed E-state index contributed by atoms with van der Waals surface area (Å²) < 4.78 is 28.8. The van der Waals surface area contributed by atoms with E-state index in [-0.39, 0.29) is 29.8 Å². The van der Waals surface area contributed by atoms with E-state index in [1.807, 2.05) is 6.92 Å². The number of hydrogen-bond acceptors (Lipinski definition) is 9. The van der Waals surface area contributed by atoms with Gasteiger partial charge in [0.2, 0.25) is 21.1 Å². The Balaban J connectivity index is 1.37. The minimum absolute atomic E-state index is 0.142. The maximum Gasteiger partial charge on any atom is 0.243 e. The number of carbonyl (C=O) groups excluding carboxylic acids is 1. The van der Waals surface area contributed by atoms with Gasteiger partial charge in [0, 0.05) is 19.0 Å². The Morgan fingerprint density at radius 3 is 2.53 bits per heavy atom. The van der Waals surface area contributed by atoms with Crippen LogP contribution in [0.5, 0.6) is 0 Å². The molecule has 0 radical (unpaired) electrons. The molecule has 0 spiro atoms. The lowest BCUT2D eigenvalue weighted by atomic mass is 9.97. The van der Waals surface area contributed by atoms with Crippen molar-refractivity contribution in [3.63, 3.8) is 0 Å². The van der Waals surface area contributed by atoms with Crippen LogP contribution in [-0.2, 0) is 21.2 Å². The van der Waals surface area contributed by atoms with Crippen LogP contribution in [-0.4, -0.2) is 62.1 Å². The molecular weight excluding hydrogens is 428 g/mol. The molecule has 4 rings (SSSR count). The minimum atomic E-state index is -3.64. The van der Waals surface area contributed by atoms with Crippen molar-refractivity contribution in [1.29, 1.82) is 0 Å². The van der Waals surface area contributed by atoms with Crippen molar-refractivity contribution in [2.45, 2.75) is 31.1 Å². The number of piperidine rings is 1. The lowest BCUT2D eigenvalue weighted by molar-refractivity contribution is -0.120. The molecule has 0 unspecified atom stereocenters. The van der Waals surface area contributed by atoms with Gasteiger partial charge in [-0.25, -0.2) is 13.1 Å². The van der Waals surface area contributed by atoms with Crippen LogP contribution < -0.4 is 5.32 Å². The predicted molar refractivity (Wildman–Crippen MR) is 109 cm³/mol. The number of sulfonamides is 1. The summed E-state index contributed by atoms with van der Waals surface area (Å²) in [5, 5.41) is 23.0. The number of rotatable bonds is 6. The molecule has 0 aliphatic carbocycles. The molecule has 158 valence electrons. The molecule has 0 atom stereocenters. The highest BCUT2D eigenvalue weighted by molar-refractivity contribution is 7.89. The molecule has 30 heavy (non-hydrogen) atoms. The van der Waals surface area contributed by atoms with E-state index in [1.54, 1.807) is 12.1 Å². The number of anilines is 1. The number of hydrogen-bond donors (Lipinski definition) is 1. The van der Waals surface area contributed by atoms with Crippen LogP contribution in [0, 0.1) is 5.92 Å². The standard InChI is InChI=1S/C17H20N8O3S2/c1-2-15-20-21-17(29-15)19-16(26)12-7-9-24(10-8-12)30(27,28)14-5-3-13(4-6-14)25-11-18-22-23-25/h3-6,11-12H,2,7-10H2,1H3,(H,19,21,26). The zero-order chi connectivity index (χ0) is 21.1. The number of aryl methyl sites for hydroxylation is 1. The summed E-state index contributed by atoms with van der Waals surface area (Å²) >= 11 is 1.35. The average molecular weight is 449 g/mol. The van der Waals surface area contributed by atoms with Gasteiger partial charge in [-0.1, -0.05) is 18.3 Å². The lowest BCUT2D eigenvalue weighted by Gasteiger charge is -2.30. The third-order valence-corrected chi connectivity index (χ3v) is 7.81. The van der Waals surface area contributed by atoms with E-state index in [0.717, 1.165) is 11.4 Å². The van der Waals surface area contributed by atoms with Crippen molar-refractivity contribution in [2.75, 3.05) is 18.4 Å². The second kappa shape index (κ2) is 8.53. The van der Waals surface area contributed by atoms with Crippen LogP contribution in [0.3, 0.4) is 0 Å². The molecule has 1 aromatic carbocycles. The average Bonchev–Trinajstić information content (AvgIpc) is 3.46. The Hall–Kier alpha value is -2.77. The van der Waals surface area contributed by atoms with Crippen molar-refractivity contribution in [3.05, 3.63) is 35.6 Å². The van der Waals surface area contributed by atoms with E-state index in [9.17, 15) is 13.2 Å². The molecule has 1 aliphatic heterocycles. The molecule has 1 saturated heterocycles. The van der Waals surface area contributed by atoms with E-state index < -0.39 is 10.0 Å². The zero-order valence-corrected chi connectivity index (χ0v) is 17.8. The predicted octanol–water partition coefficient (Wildman–Crippen LogP) is 1.12. The second-order valence-electron chi connectivity index (χ2n) is 6.77. The third-order valence-electron chi connectivity index (χ3n) is 4.91. The van der Waals surface area contributed by atoms with Gasteiger partial charge in [-0.05, 0) is 54.0 Å². The van der Waals surface area contributed by atoms with E-state index >= 15 is 0 Å². The minimum Gasteiger partial charge on any atom is -0.300 e. The molecule has 13 heteroatoms. The largest absolute Gasteiger partial charge is 0.300 e. The maximum absolute atomic E-state index is 13.0. The summed E-state index contributed by atoms with van der Waals surface area (Å²) in [5.41, 5.74) is 0.664. The molecule has 1 N–H and O–H groups in total. The van der Waals surface area contributed by atoms with Crippen LogP contribution in [0.2, 0.25) is 0 Å². The van der Waals surface area contributed by atoms with Gasteiger partial charge in [-0.15, -0.1) is 15.3 Å². The Labute approximate surface area is 177 Å². The highest BCUT2D eigenvalue weighted by Crippen LogP contribution is 2.26. The van der Waals surface area contributed by atoms with E-state index in [1.165, 1.54) is 38.8 Å². The summed E-state index contributed by atoms with van der Waals surface area (Å²) in [6.07, 6.45) is 3.10. The highest BCUT2D eigenvalue weighted by atomic mass is 32.2. The quantitative estimate of drug-likeness (QED) is 0.592. The van der Waals surface area contributed by atoms with Gasteiger partial charge in [0.1, 0.15) is 11.3 Å². The zero-order valence-electron chi connectivity index (χ0n) is 16.2. The number of benzene rings is 1. The molecule has 1 fully saturated rings. The van der Waals surface area contributed by atoms with E-state index in [0.29, 0.717) is 23.7 Å². The van der Waals surface area contributed by atoms with Crippen LogP contribution in [0.1, 0.15) is 24.8 Å². The van der Waals surface area contributed by atoms with Gasteiger partial charge in [0.15, 0.2) is 0 Å². The van der Waals surface area contributed by atoms with Crippen molar-refractivity contribution in [1.82, 2.24) is 34.7 Å². The Morgan fingerprint density at radius 2 is 1.93 bits per heavy atom. The molecule has 2 aromatic heterocycles. The first-order valence-corrected chi connectivity index (χ1v) is 11.7. The Bertz CT molecular complexity index is 1100. The highest BCUT2D eigenvalue weighted by Gasteiger charge is 2.32. The van der Waals surface area contributed by atoms with Gasteiger partial charge in [0.05, 0.1) is 10.6 Å². The van der Waals surface area contributed by atoms with Crippen molar-refractivity contribution in [2.24, 2.45) is 5.92 Å². The van der Waals surface area contributed by atoms with Gasteiger partial charge in [-0.3, -0.25) is 4.79 Å². The number of tetrazole rings is 1. The smallest absolute Gasteiger partial charge is 0.243 e. The topological polar surface area (TPSA) is 136 Å². The van der Waals surface area contributed by atoms with Crippen LogP contribution in [0.15, 0.2) is 35.5 Å². The SMILES string of the molecule is CCc1nnc(NC(=O)C2CCN(S(=O)(=O)c3ccc(-n4cnnn4)cc3)CC2)s1. The molecule has 1 amide bonds. The first-order chi connectivity index (χ1) is 14.5. The van der Waals surface area contributed by atoms with Crippen molar-refractivity contribution >= 4 is 32.4 Å². The molecule has 3 heterocycles. The fourth-order valence-corrected chi connectivity index (χ4v) is 5.36. The molecule has 0 bridgehead atoms. The van der Waals surface area contributed by atoms with Crippen LogP contribution in [0.25, 0.3) is 5.69 Å². The van der Waals surface area contributed by atoms with Crippen LogP contribution in [0.4, 0.5) is 5.13 Å². The number of nitrogens with one attached hydrogen (secondary N) is 1. The molecular formula is C17H20N8O3S2. The first-order valence-electron chi connectivity index (χ1n) is 9.44. The molecule has 3 aromatic rings. The fraction of sp³-hybridized carbons (Fsp3) is 0.412. The van der Waals surface area contributed by atoms with Gasteiger partial charge in [0.25, 0.3) is 0 Å². The van der Waals surface area contributed by atoms with Gasteiger partial charge in [-0.2, -0.15) is 4.31 Å². The van der Waals surface area contributed by atoms with Crippen LogP contribution >= 0.6 is 11.3 Å². The van der Waals surface area contributed by atoms with E-state index in [2.05, 4.69) is 31.0 Å². The fourth-order valence-electron chi connectivity index (χ4n) is 3.21. The van der Waals surface area contributed by atoms with Gasteiger partial charge < -0.3 is 5.32 Å². The summed E-state index contributed by atoms with van der Waals surface area (Å²) in [5.74, 6) is -0.399. The number of carbonyl (C=O) groups is 1. The lowest BCUT2D eigenvalue weighted by Crippen LogP contribution is -2.41. The molecule has 11 nitrogen and oxygen atoms in total. The summed E-state index contributed by atoms with van der Waals surface area (Å²) in [7, 11) is -3.64. The Morgan fingerprint density at radius 1 is 1.20 bits per heavy atom. The first kappa shape index (κ1) is 20.5. The maximum atomic E-state index is 13.0. The molecule has 0 saturated carbocycles. The third kappa shape index (κ3) is 4.22. The summed E-state index contributed by atoms with van der Waals surface area (Å²) in [6, 6.07) is 6.37. The van der Waals surface area contributed by atoms with Crippen molar-refractivity contribution < 1.29 is 13.2 Å². The number of nitrogens with zero attached hydrogens (tertiary/aromatic N) is 7. The summed E-state index contributed by atoms with van der Waals surface area (Å²) in [4.78, 5) is 12.7. The molecule has 1 aliphatic rings.